The molecular weight excluding hydrogens is 304 g/mol. The Morgan fingerprint density at radius 1 is 1.33 bits per heavy atom. The van der Waals surface area contributed by atoms with Gasteiger partial charge in [-0.2, -0.15) is 0 Å². The van der Waals surface area contributed by atoms with Crippen LogP contribution in [0.1, 0.15) is 22.8 Å². The minimum Gasteiger partial charge on any atom is -0.349 e. The molecule has 0 bridgehead atoms. The number of carbonyl (C=O) groups is 1. The van der Waals surface area contributed by atoms with Gasteiger partial charge in [-0.15, -0.1) is 0 Å². The van der Waals surface area contributed by atoms with E-state index < -0.39 is 11.6 Å². The lowest BCUT2D eigenvalue weighted by molar-refractivity contribution is 0.101. The number of nitrogens with zero attached hydrogens (tertiary/aromatic N) is 1. The highest BCUT2D eigenvalue weighted by molar-refractivity contribution is 9.10. The van der Waals surface area contributed by atoms with Gasteiger partial charge in [-0.25, -0.2) is 8.78 Å². The molecule has 0 aliphatic carbocycles. The highest BCUT2D eigenvalue weighted by atomic mass is 79.9. The van der Waals surface area contributed by atoms with Gasteiger partial charge >= 0.3 is 0 Å². The molecule has 0 unspecified atom stereocenters. The number of Topliss-reactive ketones (excluding diaryl/α,β-unsaturated/α-hetero) is 1. The monoisotopic (exact) mass is 313 g/mol. The van der Waals surface area contributed by atoms with Gasteiger partial charge in [0, 0.05) is 23.5 Å². The van der Waals surface area contributed by atoms with Crippen molar-refractivity contribution in [3.63, 3.8) is 0 Å². The van der Waals surface area contributed by atoms with E-state index in [1.165, 1.54) is 19.1 Å². The minimum absolute atomic E-state index is 0.0323. The third-order valence-corrected chi connectivity index (χ3v) is 3.25. The summed E-state index contributed by atoms with van der Waals surface area (Å²) in [6.45, 7) is 1.49. The maximum absolute atomic E-state index is 13.7. The summed E-state index contributed by atoms with van der Waals surface area (Å²) in [7, 11) is 0. The zero-order valence-electron chi connectivity index (χ0n) is 9.58. The molecule has 0 atom stereocenters. The van der Waals surface area contributed by atoms with Crippen LogP contribution in [0.3, 0.4) is 0 Å². The first-order chi connectivity index (χ1) is 8.49. The van der Waals surface area contributed by atoms with Crippen molar-refractivity contribution in [2.24, 2.45) is 0 Å². The fraction of sp³-hybridized carbons (Fsp3) is 0.154. The second-order valence-electron chi connectivity index (χ2n) is 3.95. The van der Waals surface area contributed by atoms with Crippen molar-refractivity contribution in [1.29, 1.82) is 0 Å². The number of benzene rings is 1. The number of rotatable bonds is 3. The first-order valence-electron chi connectivity index (χ1n) is 5.28. The zero-order valence-corrected chi connectivity index (χ0v) is 11.2. The molecule has 1 aromatic carbocycles. The Morgan fingerprint density at radius 3 is 2.67 bits per heavy atom. The maximum Gasteiger partial charge on any atom is 0.161 e. The van der Waals surface area contributed by atoms with E-state index in [0.717, 1.165) is 0 Å². The van der Waals surface area contributed by atoms with Crippen LogP contribution in [0.2, 0.25) is 0 Å². The van der Waals surface area contributed by atoms with Crippen molar-refractivity contribution in [3.05, 3.63) is 57.8 Å². The molecule has 0 fully saturated rings. The van der Waals surface area contributed by atoms with Crippen molar-refractivity contribution in [2.45, 2.75) is 13.5 Å². The molecular formula is C13H10BrF2NO. The van der Waals surface area contributed by atoms with Gasteiger partial charge in [0.25, 0.3) is 0 Å². The van der Waals surface area contributed by atoms with E-state index in [-0.39, 0.29) is 22.4 Å². The van der Waals surface area contributed by atoms with Crippen LogP contribution in [0.25, 0.3) is 0 Å². The summed E-state index contributed by atoms with van der Waals surface area (Å²) in [5, 5.41) is 0. The predicted molar refractivity (Wildman–Crippen MR) is 67.6 cm³/mol. The lowest BCUT2D eigenvalue weighted by Crippen LogP contribution is -2.03. The highest BCUT2D eigenvalue weighted by Gasteiger charge is 2.13. The molecule has 94 valence electrons. The fourth-order valence-electron chi connectivity index (χ4n) is 1.64. The van der Waals surface area contributed by atoms with Crippen LogP contribution in [-0.2, 0) is 6.54 Å². The largest absolute Gasteiger partial charge is 0.349 e. The van der Waals surface area contributed by atoms with E-state index in [4.69, 9.17) is 0 Å². The van der Waals surface area contributed by atoms with Gasteiger partial charge in [0.1, 0.15) is 11.6 Å². The number of aromatic nitrogens is 1. The van der Waals surface area contributed by atoms with Gasteiger partial charge in [0.15, 0.2) is 5.78 Å². The third-order valence-electron chi connectivity index (χ3n) is 2.64. The third kappa shape index (κ3) is 2.51. The maximum atomic E-state index is 13.7. The minimum atomic E-state index is -0.618. The quantitative estimate of drug-likeness (QED) is 0.624. The molecule has 18 heavy (non-hydrogen) atoms. The van der Waals surface area contributed by atoms with E-state index in [2.05, 4.69) is 15.9 Å². The van der Waals surface area contributed by atoms with Crippen molar-refractivity contribution < 1.29 is 13.6 Å². The zero-order chi connectivity index (χ0) is 13.3. The van der Waals surface area contributed by atoms with Crippen molar-refractivity contribution in [2.75, 3.05) is 0 Å². The lowest BCUT2D eigenvalue weighted by atomic mass is 10.2. The van der Waals surface area contributed by atoms with E-state index in [0.29, 0.717) is 5.56 Å². The average molecular weight is 314 g/mol. The normalized spacial score (nSPS) is 10.7. The van der Waals surface area contributed by atoms with Gasteiger partial charge < -0.3 is 4.57 Å². The molecule has 0 saturated carbocycles. The molecule has 0 N–H and O–H groups in total. The van der Waals surface area contributed by atoms with E-state index in [9.17, 15) is 13.6 Å². The summed E-state index contributed by atoms with van der Waals surface area (Å²) in [5.74, 6) is -1.30. The number of ketones is 1. The molecule has 1 aromatic heterocycles. The molecule has 0 saturated heterocycles. The molecule has 2 nitrogen and oxygen atoms in total. The second kappa shape index (κ2) is 5.02. The summed E-state index contributed by atoms with van der Waals surface area (Å²) in [6.07, 6.45) is 3.19. The van der Waals surface area contributed by atoms with Crippen molar-refractivity contribution in [1.82, 2.24) is 4.57 Å². The van der Waals surface area contributed by atoms with Crippen LogP contribution in [-0.4, -0.2) is 10.4 Å². The number of hydrogen-bond donors (Lipinski definition) is 0. The van der Waals surface area contributed by atoms with Crippen molar-refractivity contribution in [3.8, 4) is 0 Å². The van der Waals surface area contributed by atoms with E-state index in [1.54, 1.807) is 23.0 Å². The van der Waals surface area contributed by atoms with E-state index >= 15 is 0 Å². The first kappa shape index (κ1) is 13.0. The number of hydrogen-bond acceptors (Lipinski definition) is 1. The Labute approximate surface area is 111 Å². The van der Waals surface area contributed by atoms with Crippen LogP contribution >= 0.6 is 15.9 Å². The standard InChI is InChI=1S/C13H10BrF2NO/c1-8(18)9-4-5-17(6-9)7-10-12(15)3-2-11(14)13(10)16/h2-6H,7H2,1H3. The van der Waals surface area contributed by atoms with Crippen LogP contribution in [0.4, 0.5) is 8.78 Å². The van der Waals surface area contributed by atoms with Crippen molar-refractivity contribution >= 4 is 21.7 Å². The Balaban J connectivity index is 2.33. The molecule has 2 aromatic rings. The fourth-order valence-corrected chi connectivity index (χ4v) is 2.02. The van der Waals surface area contributed by atoms with Crippen LogP contribution in [0.15, 0.2) is 35.1 Å². The smallest absolute Gasteiger partial charge is 0.161 e. The van der Waals surface area contributed by atoms with Crippen LogP contribution in [0, 0.1) is 11.6 Å². The van der Waals surface area contributed by atoms with Gasteiger partial charge in [-0.3, -0.25) is 4.79 Å². The molecule has 1 heterocycles. The molecule has 0 radical (unpaired) electrons. The van der Waals surface area contributed by atoms with Gasteiger partial charge in [-0.1, -0.05) is 0 Å². The molecule has 0 aliphatic rings. The summed E-state index contributed by atoms with van der Waals surface area (Å²) in [5.41, 5.74) is 0.487. The first-order valence-corrected chi connectivity index (χ1v) is 6.07. The Bertz CT molecular complexity index is 607. The average Bonchev–Trinajstić information content (AvgIpc) is 2.78. The SMILES string of the molecule is CC(=O)c1ccn(Cc2c(F)ccc(Br)c2F)c1. The van der Waals surface area contributed by atoms with Gasteiger partial charge in [0.2, 0.25) is 0 Å². The molecule has 2 rings (SSSR count). The summed E-state index contributed by atoms with van der Waals surface area (Å²) in [4.78, 5) is 11.1. The Hall–Kier alpha value is -1.49. The second-order valence-corrected chi connectivity index (χ2v) is 4.80. The summed E-state index contributed by atoms with van der Waals surface area (Å²) < 4.78 is 29.1. The topological polar surface area (TPSA) is 22.0 Å². The Morgan fingerprint density at radius 2 is 2.06 bits per heavy atom. The van der Waals surface area contributed by atoms with Gasteiger partial charge in [0.05, 0.1) is 11.0 Å². The molecule has 0 aliphatic heterocycles. The summed E-state index contributed by atoms with van der Waals surface area (Å²) in [6, 6.07) is 4.15. The van der Waals surface area contributed by atoms with Crippen LogP contribution < -0.4 is 0 Å². The number of carbonyl (C=O) groups excluding carboxylic acids is 1. The van der Waals surface area contributed by atoms with Gasteiger partial charge in [-0.05, 0) is 41.1 Å². The predicted octanol–water partition coefficient (Wildman–Crippen LogP) is 3.78. The lowest BCUT2D eigenvalue weighted by Gasteiger charge is -2.07. The number of halogens is 3. The highest BCUT2D eigenvalue weighted by Crippen LogP contribution is 2.22. The molecule has 0 spiro atoms. The van der Waals surface area contributed by atoms with E-state index in [1.807, 2.05) is 0 Å². The molecule has 5 heteroatoms. The molecule has 0 amide bonds. The van der Waals surface area contributed by atoms with Crippen LogP contribution in [0.5, 0.6) is 0 Å². The summed E-state index contributed by atoms with van der Waals surface area (Å²) >= 11 is 3.02. The Kier molecular flexibility index (Phi) is 3.61.